The Morgan fingerprint density at radius 1 is 1.17 bits per heavy atom. The van der Waals surface area contributed by atoms with Gasteiger partial charge in [-0.05, 0) is 12.1 Å². The highest BCUT2D eigenvalue weighted by atomic mass is 35.5. The van der Waals surface area contributed by atoms with Gasteiger partial charge >= 0.3 is 0 Å². The lowest BCUT2D eigenvalue weighted by Gasteiger charge is -2.26. The van der Waals surface area contributed by atoms with Crippen LogP contribution in [0.15, 0.2) is 12.1 Å². The predicted molar refractivity (Wildman–Crippen MR) is 74.3 cm³/mol. The molecule has 0 aliphatic carbocycles. The minimum Gasteiger partial charge on any atom is -0.341 e. The van der Waals surface area contributed by atoms with Crippen molar-refractivity contribution in [2.24, 2.45) is 0 Å². The summed E-state index contributed by atoms with van der Waals surface area (Å²) >= 11 is 12.0. The number of rotatable bonds is 2. The summed E-state index contributed by atoms with van der Waals surface area (Å²) in [6.07, 6.45) is 0. The fourth-order valence-electron chi connectivity index (χ4n) is 2.21. The predicted octanol–water partition coefficient (Wildman–Crippen LogP) is 2.27. The molecule has 96 valence electrons. The van der Waals surface area contributed by atoms with Crippen LogP contribution in [0.2, 0.25) is 10.0 Å². The van der Waals surface area contributed by atoms with Gasteiger partial charge in [-0.15, -0.1) is 0 Å². The van der Waals surface area contributed by atoms with Gasteiger partial charge in [0.2, 0.25) is 0 Å². The van der Waals surface area contributed by atoms with E-state index in [-0.39, 0.29) is 0 Å². The molecule has 1 aliphatic rings. The average molecular weight is 285 g/mol. The lowest BCUT2D eigenvalue weighted by molar-refractivity contribution is 0.229. The van der Waals surface area contributed by atoms with Gasteiger partial charge in [-0.1, -0.05) is 23.2 Å². The summed E-state index contributed by atoms with van der Waals surface area (Å²) in [6.45, 7) is 5.03. The maximum Gasteiger partial charge on any atom is 0.121 e. The minimum absolute atomic E-state index is 0.546. The number of nitrogens with one attached hydrogen (secondary N) is 2. The van der Waals surface area contributed by atoms with Crippen LogP contribution in [0.5, 0.6) is 0 Å². The Hall–Kier alpha value is -0.810. The zero-order valence-corrected chi connectivity index (χ0v) is 11.4. The standard InChI is InChI=1S/C12H14Cl2N4/c13-8-5-10-11(6-9(8)14)17-12(16-10)7-18-3-1-15-2-4-18/h5-6,15H,1-4,7H2,(H,16,17). The zero-order chi connectivity index (χ0) is 12.5. The molecule has 1 aromatic carbocycles. The Morgan fingerprint density at radius 3 is 2.67 bits per heavy atom. The molecular formula is C12H14Cl2N4. The highest BCUT2D eigenvalue weighted by molar-refractivity contribution is 6.42. The number of H-pyrrole nitrogens is 1. The molecule has 4 nitrogen and oxygen atoms in total. The van der Waals surface area contributed by atoms with Crippen molar-refractivity contribution in [1.82, 2.24) is 20.2 Å². The van der Waals surface area contributed by atoms with Gasteiger partial charge in [-0.3, -0.25) is 4.90 Å². The first-order chi connectivity index (χ1) is 8.72. The molecule has 0 radical (unpaired) electrons. The molecule has 1 fully saturated rings. The second-order valence-electron chi connectivity index (χ2n) is 4.49. The maximum absolute atomic E-state index is 5.99. The molecule has 2 N–H and O–H groups in total. The summed E-state index contributed by atoms with van der Waals surface area (Å²) in [4.78, 5) is 10.2. The molecule has 2 aromatic rings. The van der Waals surface area contributed by atoms with Crippen LogP contribution in [-0.4, -0.2) is 41.0 Å². The van der Waals surface area contributed by atoms with Crippen molar-refractivity contribution >= 4 is 34.2 Å². The number of nitrogens with zero attached hydrogens (tertiary/aromatic N) is 2. The van der Waals surface area contributed by atoms with E-state index in [4.69, 9.17) is 23.2 Å². The Morgan fingerprint density at radius 2 is 1.89 bits per heavy atom. The molecule has 0 bridgehead atoms. The SMILES string of the molecule is Clc1cc2nc(CN3CCNCC3)[nH]c2cc1Cl. The minimum atomic E-state index is 0.546. The van der Waals surface area contributed by atoms with E-state index in [0.29, 0.717) is 10.0 Å². The van der Waals surface area contributed by atoms with Gasteiger partial charge in [0.15, 0.2) is 0 Å². The Bertz CT molecular complexity index is 521. The molecule has 3 rings (SSSR count). The van der Waals surface area contributed by atoms with Gasteiger partial charge in [0.25, 0.3) is 0 Å². The monoisotopic (exact) mass is 284 g/mol. The van der Waals surface area contributed by atoms with E-state index in [1.807, 2.05) is 6.07 Å². The van der Waals surface area contributed by atoms with Gasteiger partial charge < -0.3 is 10.3 Å². The normalized spacial score (nSPS) is 17.4. The van der Waals surface area contributed by atoms with Crippen molar-refractivity contribution in [3.63, 3.8) is 0 Å². The van der Waals surface area contributed by atoms with Gasteiger partial charge in [0, 0.05) is 26.2 Å². The topological polar surface area (TPSA) is 44.0 Å². The molecule has 0 amide bonds. The summed E-state index contributed by atoms with van der Waals surface area (Å²) < 4.78 is 0. The molecular weight excluding hydrogens is 271 g/mol. The van der Waals surface area contributed by atoms with Crippen molar-refractivity contribution in [3.8, 4) is 0 Å². The van der Waals surface area contributed by atoms with Crippen molar-refractivity contribution < 1.29 is 0 Å². The fourth-order valence-corrected chi connectivity index (χ4v) is 2.54. The Labute approximate surface area is 115 Å². The van der Waals surface area contributed by atoms with E-state index >= 15 is 0 Å². The second-order valence-corrected chi connectivity index (χ2v) is 5.31. The van der Waals surface area contributed by atoms with E-state index in [1.165, 1.54) is 0 Å². The van der Waals surface area contributed by atoms with Crippen LogP contribution in [0.3, 0.4) is 0 Å². The first-order valence-electron chi connectivity index (χ1n) is 5.99. The summed E-state index contributed by atoms with van der Waals surface area (Å²) in [5.41, 5.74) is 1.81. The molecule has 0 spiro atoms. The quantitative estimate of drug-likeness (QED) is 0.889. The van der Waals surface area contributed by atoms with Crippen LogP contribution in [-0.2, 0) is 6.54 Å². The number of halogens is 2. The third-order valence-electron chi connectivity index (χ3n) is 3.16. The zero-order valence-electron chi connectivity index (χ0n) is 9.84. The summed E-state index contributed by atoms with van der Waals surface area (Å²) in [7, 11) is 0. The molecule has 1 saturated heterocycles. The maximum atomic E-state index is 5.99. The highest BCUT2D eigenvalue weighted by Crippen LogP contribution is 2.26. The number of aromatic nitrogens is 2. The number of fused-ring (bicyclic) bond motifs is 1. The molecule has 1 aliphatic heterocycles. The van der Waals surface area contributed by atoms with Crippen LogP contribution in [0.25, 0.3) is 11.0 Å². The molecule has 2 heterocycles. The van der Waals surface area contributed by atoms with Crippen LogP contribution in [0.1, 0.15) is 5.82 Å². The van der Waals surface area contributed by atoms with Gasteiger partial charge in [-0.2, -0.15) is 0 Å². The Kier molecular flexibility index (Phi) is 3.43. The molecule has 6 heteroatoms. The van der Waals surface area contributed by atoms with Crippen LogP contribution >= 0.6 is 23.2 Å². The third kappa shape index (κ3) is 2.47. The smallest absolute Gasteiger partial charge is 0.121 e. The summed E-state index contributed by atoms with van der Waals surface area (Å²) in [5.74, 6) is 0.963. The fraction of sp³-hybridized carbons (Fsp3) is 0.417. The number of benzene rings is 1. The van der Waals surface area contributed by atoms with Gasteiger partial charge in [0.05, 0.1) is 27.6 Å². The number of hydrogen-bond acceptors (Lipinski definition) is 3. The largest absolute Gasteiger partial charge is 0.341 e. The number of imidazole rings is 1. The number of piperazine rings is 1. The van der Waals surface area contributed by atoms with E-state index in [2.05, 4.69) is 20.2 Å². The van der Waals surface area contributed by atoms with Crippen molar-refractivity contribution in [1.29, 1.82) is 0 Å². The van der Waals surface area contributed by atoms with Gasteiger partial charge in [0.1, 0.15) is 5.82 Å². The van der Waals surface area contributed by atoms with Crippen LogP contribution < -0.4 is 5.32 Å². The van der Waals surface area contributed by atoms with E-state index in [0.717, 1.165) is 49.6 Å². The lowest BCUT2D eigenvalue weighted by atomic mass is 10.3. The van der Waals surface area contributed by atoms with E-state index in [1.54, 1.807) is 6.07 Å². The van der Waals surface area contributed by atoms with E-state index < -0.39 is 0 Å². The second kappa shape index (κ2) is 5.05. The van der Waals surface area contributed by atoms with Crippen LogP contribution in [0, 0.1) is 0 Å². The first kappa shape index (κ1) is 12.2. The lowest BCUT2D eigenvalue weighted by Crippen LogP contribution is -2.43. The highest BCUT2D eigenvalue weighted by Gasteiger charge is 2.13. The van der Waals surface area contributed by atoms with Gasteiger partial charge in [-0.25, -0.2) is 4.98 Å². The molecule has 0 atom stereocenters. The molecule has 18 heavy (non-hydrogen) atoms. The summed E-state index contributed by atoms with van der Waals surface area (Å²) in [6, 6.07) is 3.63. The summed E-state index contributed by atoms with van der Waals surface area (Å²) in [5, 5.41) is 4.44. The average Bonchev–Trinajstić information content (AvgIpc) is 2.72. The number of hydrogen-bond donors (Lipinski definition) is 2. The molecule has 1 aromatic heterocycles. The molecule has 0 saturated carbocycles. The van der Waals surface area contributed by atoms with Crippen LogP contribution in [0.4, 0.5) is 0 Å². The number of aromatic amines is 1. The van der Waals surface area contributed by atoms with E-state index in [9.17, 15) is 0 Å². The van der Waals surface area contributed by atoms with Crippen molar-refractivity contribution in [2.45, 2.75) is 6.54 Å². The Balaban J connectivity index is 1.84. The third-order valence-corrected chi connectivity index (χ3v) is 3.88. The first-order valence-corrected chi connectivity index (χ1v) is 6.75. The molecule has 0 unspecified atom stereocenters. The van der Waals surface area contributed by atoms with Crippen molar-refractivity contribution in [2.75, 3.05) is 26.2 Å². The van der Waals surface area contributed by atoms with Crippen molar-refractivity contribution in [3.05, 3.63) is 28.0 Å².